The molecule has 3 aromatic carbocycles. The van der Waals surface area contributed by atoms with Crippen LogP contribution in [0.15, 0.2) is 71.8 Å². The molecule has 0 saturated carbocycles. The number of imide groups is 1. The molecule has 4 atom stereocenters. The predicted octanol–water partition coefficient (Wildman–Crippen LogP) is 7.86. The number of alkyl halides is 6. The number of carbonyl (C=O) groups is 2. The van der Waals surface area contributed by atoms with Crippen molar-refractivity contribution in [3.8, 4) is 11.5 Å². The zero-order valence-corrected chi connectivity index (χ0v) is 28.8. The van der Waals surface area contributed by atoms with Crippen LogP contribution in [0.4, 0.5) is 32.0 Å². The Labute approximate surface area is 297 Å². The molecule has 266 valence electrons. The number of ether oxygens (including phenoxy) is 1. The number of allylic oxidation sites excluding steroid dienone is 2. The van der Waals surface area contributed by atoms with Crippen molar-refractivity contribution in [1.82, 2.24) is 0 Å². The highest BCUT2D eigenvalue weighted by Gasteiger charge is 2.55. The van der Waals surface area contributed by atoms with Crippen LogP contribution in [0.2, 0.25) is 0 Å². The first-order valence-corrected chi connectivity index (χ1v) is 16.5. The van der Waals surface area contributed by atoms with Crippen molar-refractivity contribution in [3.05, 3.63) is 97.6 Å². The van der Waals surface area contributed by atoms with Crippen LogP contribution in [-0.4, -0.2) is 47.0 Å². The summed E-state index contributed by atoms with van der Waals surface area (Å²) in [5.41, 5.74) is -1.10. The fraction of sp³-hybridized carbons (Fsp3) is 0.333. The Morgan fingerprint density at radius 2 is 1.62 bits per heavy atom. The van der Waals surface area contributed by atoms with Gasteiger partial charge in [-0.05, 0) is 101 Å². The maximum atomic E-state index is 13.8. The van der Waals surface area contributed by atoms with Gasteiger partial charge in [-0.25, -0.2) is 4.90 Å². The summed E-state index contributed by atoms with van der Waals surface area (Å²) in [6.07, 6.45) is -9.45. The van der Waals surface area contributed by atoms with Gasteiger partial charge in [0.25, 0.3) is 0 Å². The molecule has 1 aliphatic carbocycles. The first kappa shape index (κ1) is 37.4. The van der Waals surface area contributed by atoms with Gasteiger partial charge >= 0.3 is 12.4 Å². The molecule has 1 saturated heterocycles. The van der Waals surface area contributed by atoms with Crippen molar-refractivity contribution in [3.63, 3.8) is 0 Å². The molecule has 1 heterocycles. The zero-order valence-electron chi connectivity index (χ0n) is 26.6. The molecular formula is C36H32F6INO6. The Hall–Kier alpha value is -3.89. The van der Waals surface area contributed by atoms with E-state index in [9.17, 15) is 51.3 Å². The van der Waals surface area contributed by atoms with Crippen molar-refractivity contribution >= 4 is 51.7 Å². The number of aliphatic hydroxyl groups is 2. The van der Waals surface area contributed by atoms with Gasteiger partial charge in [0, 0.05) is 5.92 Å². The van der Waals surface area contributed by atoms with E-state index in [2.05, 4.69) is 0 Å². The minimum Gasteiger partial charge on any atom is -0.504 e. The number of phenolic OH excluding ortho intramolecular Hbond substituents is 1. The summed E-state index contributed by atoms with van der Waals surface area (Å²) in [6, 6.07) is 13.3. The van der Waals surface area contributed by atoms with Crippen molar-refractivity contribution in [1.29, 1.82) is 0 Å². The Kier molecular flexibility index (Phi) is 10.8. The summed E-state index contributed by atoms with van der Waals surface area (Å²) in [5.74, 6) is -5.38. The highest BCUT2D eigenvalue weighted by atomic mass is 127. The number of halogens is 7. The van der Waals surface area contributed by atoms with Crippen molar-refractivity contribution in [2.24, 2.45) is 17.8 Å². The normalized spacial score (nSPS) is 20.7. The number of rotatable bonds is 9. The van der Waals surface area contributed by atoms with Gasteiger partial charge in [0.05, 0.1) is 52.0 Å². The van der Waals surface area contributed by atoms with E-state index in [0.29, 0.717) is 37.3 Å². The fourth-order valence-corrected chi connectivity index (χ4v) is 7.50. The first-order valence-electron chi connectivity index (χ1n) is 15.4. The van der Waals surface area contributed by atoms with Gasteiger partial charge in [-0.3, -0.25) is 9.59 Å². The van der Waals surface area contributed by atoms with E-state index in [-0.39, 0.29) is 36.8 Å². The van der Waals surface area contributed by atoms with Crippen LogP contribution in [0.1, 0.15) is 48.4 Å². The second-order valence-electron chi connectivity index (χ2n) is 12.3. The zero-order chi connectivity index (χ0) is 36.7. The van der Waals surface area contributed by atoms with E-state index in [1.807, 2.05) is 59.0 Å². The highest BCUT2D eigenvalue weighted by Crippen LogP contribution is 2.48. The van der Waals surface area contributed by atoms with Gasteiger partial charge in [-0.15, -0.1) is 0 Å². The summed E-state index contributed by atoms with van der Waals surface area (Å²) in [5, 5.41) is 32.4. The first-order chi connectivity index (χ1) is 23.5. The lowest BCUT2D eigenvalue weighted by Gasteiger charge is -2.35. The molecule has 1 aliphatic heterocycles. The molecule has 0 radical (unpaired) electrons. The Balaban J connectivity index is 1.45. The van der Waals surface area contributed by atoms with E-state index in [4.69, 9.17) is 4.74 Å². The largest absolute Gasteiger partial charge is 0.504 e. The van der Waals surface area contributed by atoms with Crippen molar-refractivity contribution in [2.75, 3.05) is 18.6 Å². The molecular weight excluding hydrogens is 783 g/mol. The molecule has 50 heavy (non-hydrogen) atoms. The summed E-state index contributed by atoms with van der Waals surface area (Å²) in [6.45, 7) is 0.907. The Morgan fingerprint density at radius 1 is 1.00 bits per heavy atom. The molecule has 2 amide bonds. The minimum absolute atomic E-state index is 0.0117. The van der Waals surface area contributed by atoms with Gasteiger partial charge in [0.2, 0.25) is 11.8 Å². The van der Waals surface area contributed by atoms with E-state index < -0.39 is 71.4 Å². The topological polar surface area (TPSA) is 107 Å². The van der Waals surface area contributed by atoms with Crippen LogP contribution in [0.3, 0.4) is 0 Å². The third-order valence-corrected chi connectivity index (χ3v) is 9.98. The summed E-state index contributed by atoms with van der Waals surface area (Å²) in [4.78, 5) is 27.6. The fourth-order valence-electron chi connectivity index (χ4n) is 6.87. The quantitative estimate of drug-likeness (QED) is 0.0668. The number of fused-ring (bicyclic) bond motifs is 1. The SMILES string of the molecule is COc1cc(/C=C(/CC[C@@H](O)C2=C(C)C[C@H]3C(=O)N(c4cc(C(F)(F)F)cc(C(F)(F)F)c4)C(=O)[C@H]3[C@H]2CO)c2ccccc2)cc(I)c1O. The van der Waals surface area contributed by atoms with Crippen LogP contribution >= 0.6 is 22.6 Å². The number of carbonyl (C=O) groups excluding carboxylic acids is 2. The average Bonchev–Trinajstić information content (AvgIpc) is 3.31. The van der Waals surface area contributed by atoms with Crippen LogP contribution < -0.4 is 9.64 Å². The van der Waals surface area contributed by atoms with Gasteiger partial charge in [0.15, 0.2) is 11.5 Å². The summed E-state index contributed by atoms with van der Waals surface area (Å²) in [7, 11) is 1.43. The monoisotopic (exact) mass is 815 g/mol. The number of methoxy groups -OCH3 is 1. The second-order valence-corrected chi connectivity index (χ2v) is 13.4. The predicted molar refractivity (Wildman–Crippen MR) is 181 cm³/mol. The number of aromatic hydroxyl groups is 1. The van der Waals surface area contributed by atoms with E-state index >= 15 is 0 Å². The highest BCUT2D eigenvalue weighted by molar-refractivity contribution is 14.1. The number of nitrogens with zero attached hydrogens (tertiary/aromatic N) is 1. The van der Waals surface area contributed by atoms with Crippen molar-refractivity contribution in [2.45, 2.75) is 44.6 Å². The smallest absolute Gasteiger partial charge is 0.416 e. The maximum Gasteiger partial charge on any atom is 0.416 e. The van der Waals surface area contributed by atoms with E-state index in [1.165, 1.54) is 7.11 Å². The molecule has 0 spiro atoms. The lowest BCUT2D eigenvalue weighted by atomic mass is 9.68. The molecule has 5 rings (SSSR count). The van der Waals surface area contributed by atoms with Gasteiger partial charge in [-0.1, -0.05) is 42.0 Å². The molecule has 3 N–H and O–H groups in total. The van der Waals surface area contributed by atoms with Crippen LogP contribution in [0.25, 0.3) is 11.6 Å². The number of phenols is 1. The number of hydrogen-bond donors (Lipinski definition) is 3. The molecule has 7 nitrogen and oxygen atoms in total. The van der Waals surface area contributed by atoms with Crippen molar-refractivity contribution < 1.29 is 56.0 Å². The van der Waals surface area contributed by atoms with E-state index in [1.54, 1.807) is 19.1 Å². The van der Waals surface area contributed by atoms with Crippen LogP contribution in [-0.2, 0) is 21.9 Å². The number of aliphatic hydroxyl groups excluding tert-OH is 2. The number of amides is 2. The Bertz CT molecular complexity index is 1820. The maximum absolute atomic E-state index is 13.8. The minimum atomic E-state index is -5.20. The van der Waals surface area contributed by atoms with Gasteiger partial charge < -0.3 is 20.1 Å². The molecule has 2 aliphatic rings. The average molecular weight is 816 g/mol. The van der Waals surface area contributed by atoms with Gasteiger partial charge in [-0.2, -0.15) is 26.3 Å². The summed E-state index contributed by atoms with van der Waals surface area (Å²) < 4.78 is 87.5. The molecule has 0 bridgehead atoms. The molecule has 14 heteroatoms. The molecule has 1 fully saturated rings. The van der Waals surface area contributed by atoms with Crippen LogP contribution in [0.5, 0.6) is 11.5 Å². The Morgan fingerprint density at radius 3 is 2.18 bits per heavy atom. The van der Waals surface area contributed by atoms with E-state index in [0.717, 1.165) is 11.1 Å². The lowest BCUT2D eigenvalue weighted by molar-refractivity contribution is -0.143. The number of anilines is 1. The second kappa shape index (κ2) is 14.4. The molecule has 0 unspecified atom stereocenters. The van der Waals surface area contributed by atoms with Gasteiger partial charge in [0.1, 0.15) is 0 Å². The molecule has 3 aromatic rings. The van der Waals surface area contributed by atoms with Crippen LogP contribution in [0, 0.1) is 21.3 Å². The summed E-state index contributed by atoms with van der Waals surface area (Å²) >= 11 is 1.98. The third-order valence-electron chi connectivity index (χ3n) is 9.16. The standard InChI is InChI=1S/C36H32F6INO6/c1-18-10-25-31(34(49)44(33(25)48)24-15-22(35(37,38)39)14-23(16-24)36(40,41)42)26(17-45)30(18)28(46)9-8-21(20-6-4-3-5-7-20)11-19-12-27(43)32(47)29(13-19)50-2/h3-7,11-16,25-26,28,31,45-47H,8-10,17H2,1-2H3/b21-11-/t25-,26+,28-,31-/m1/s1. The third kappa shape index (κ3) is 7.42. The number of benzene rings is 3. The molecule has 0 aromatic heterocycles. The lowest BCUT2D eigenvalue weighted by Crippen LogP contribution is -2.38. The number of hydrogen-bond acceptors (Lipinski definition) is 6.